The third-order valence-corrected chi connectivity index (χ3v) is 2.34. The van der Waals surface area contributed by atoms with Gasteiger partial charge in [0.15, 0.2) is 0 Å². The molecule has 0 saturated carbocycles. The summed E-state index contributed by atoms with van der Waals surface area (Å²) in [5.74, 6) is -0.792. The fraction of sp³-hybridized carbons (Fsp3) is 0.875. The number of aliphatic carboxylic acids is 1. The maximum atomic E-state index is 10.7. The smallest absolute Gasteiger partial charge is 0.322 e. The molecular formula is C8H16N2O2. The lowest BCUT2D eigenvalue weighted by molar-refractivity contribution is -0.143. The molecule has 0 aliphatic carbocycles. The molecule has 1 atom stereocenters. The van der Waals surface area contributed by atoms with Crippen molar-refractivity contribution in [2.45, 2.75) is 25.3 Å². The molecule has 1 heterocycles. The predicted octanol–water partition coefficient (Wildman–Crippen LogP) is -0.116. The number of likely N-dealkylation sites (tertiary alicyclic amines) is 1. The van der Waals surface area contributed by atoms with Gasteiger partial charge in [-0.1, -0.05) is 6.42 Å². The number of hydrogen-bond donors (Lipinski definition) is 2. The highest BCUT2D eigenvalue weighted by Crippen LogP contribution is 2.11. The normalized spacial score (nSPS) is 22.1. The van der Waals surface area contributed by atoms with Gasteiger partial charge in [0.2, 0.25) is 0 Å². The lowest BCUT2D eigenvalue weighted by Crippen LogP contribution is -2.48. The Hall–Kier alpha value is -0.610. The SMILES string of the molecule is NCC(C(=O)O)N1CCCCC1. The summed E-state index contributed by atoms with van der Waals surface area (Å²) in [6, 6.07) is -0.467. The molecule has 0 radical (unpaired) electrons. The van der Waals surface area contributed by atoms with Crippen LogP contribution in [0, 0.1) is 0 Å². The summed E-state index contributed by atoms with van der Waals surface area (Å²) in [6.07, 6.45) is 3.42. The minimum absolute atomic E-state index is 0.218. The molecule has 0 aromatic carbocycles. The lowest BCUT2D eigenvalue weighted by Gasteiger charge is -2.30. The van der Waals surface area contributed by atoms with Gasteiger partial charge in [-0.3, -0.25) is 9.69 Å². The van der Waals surface area contributed by atoms with Crippen molar-refractivity contribution in [2.75, 3.05) is 19.6 Å². The Morgan fingerprint density at radius 2 is 2.00 bits per heavy atom. The van der Waals surface area contributed by atoms with Gasteiger partial charge in [0, 0.05) is 6.54 Å². The Balaban J connectivity index is 2.46. The largest absolute Gasteiger partial charge is 0.480 e. The van der Waals surface area contributed by atoms with E-state index in [0.717, 1.165) is 25.9 Å². The average Bonchev–Trinajstić information content (AvgIpc) is 2.07. The summed E-state index contributed by atoms with van der Waals surface area (Å²) >= 11 is 0. The van der Waals surface area contributed by atoms with Gasteiger partial charge >= 0.3 is 5.97 Å². The van der Waals surface area contributed by atoms with Gasteiger partial charge in [0.05, 0.1) is 0 Å². The van der Waals surface area contributed by atoms with Crippen molar-refractivity contribution in [3.8, 4) is 0 Å². The molecule has 1 unspecified atom stereocenters. The summed E-state index contributed by atoms with van der Waals surface area (Å²) in [5.41, 5.74) is 5.38. The fourth-order valence-corrected chi connectivity index (χ4v) is 1.64. The minimum Gasteiger partial charge on any atom is -0.480 e. The molecule has 4 nitrogen and oxygen atoms in total. The second-order valence-corrected chi connectivity index (χ2v) is 3.19. The van der Waals surface area contributed by atoms with Crippen molar-refractivity contribution in [2.24, 2.45) is 5.73 Å². The number of rotatable bonds is 3. The fourth-order valence-electron chi connectivity index (χ4n) is 1.64. The summed E-state index contributed by atoms with van der Waals surface area (Å²) in [7, 11) is 0. The number of carboxylic acid groups (broad SMARTS) is 1. The molecule has 1 saturated heterocycles. The van der Waals surface area contributed by atoms with Gasteiger partial charge in [-0.05, 0) is 25.9 Å². The molecule has 1 aliphatic rings. The minimum atomic E-state index is -0.792. The lowest BCUT2D eigenvalue weighted by atomic mass is 10.1. The first-order valence-corrected chi connectivity index (χ1v) is 4.42. The molecule has 0 aromatic rings. The van der Waals surface area contributed by atoms with Crippen LogP contribution in [0.25, 0.3) is 0 Å². The first-order chi connectivity index (χ1) is 5.75. The number of piperidine rings is 1. The van der Waals surface area contributed by atoms with Crippen molar-refractivity contribution in [1.29, 1.82) is 0 Å². The molecule has 0 aromatic heterocycles. The molecule has 12 heavy (non-hydrogen) atoms. The molecule has 70 valence electrons. The highest BCUT2D eigenvalue weighted by Gasteiger charge is 2.24. The zero-order valence-electron chi connectivity index (χ0n) is 7.20. The Kier molecular flexibility index (Phi) is 3.49. The van der Waals surface area contributed by atoms with Crippen LogP contribution in [0.15, 0.2) is 0 Å². The Bertz CT molecular complexity index is 155. The number of carbonyl (C=O) groups is 1. The summed E-state index contributed by atoms with van der Waals surface area (Å²) in [6.45, 7) is 1.98. The highest BCUT2D eigenvalue weighted by atomic mass is 16.4. The monoisotopic (exact) mass is 172 g/mol. The number of carboxylic acids is 1. The van der Waals surface area contributed by atoms with Crippen LogP contribution < -0.4 is 5.73 Å². The Labute approximate surface area is 72.3 Å². The number of hydrogen-bond acceptors (Lipinski definition) is 3. The van der Waals surface area contributed by atoms with Gasteiger partial charge in [0.1, 0.15) is 6.04 Å². The third kappa shape index (κ3) is 2.19. The van der Waals surface area contributed by atoms with Gasteiger partial charge in [-0.15, -0.1) is 0 Å². The third-order valence-electron chi connectivity index (χ3n) is 2.34. The van der Waals surface area contributed by atoms with Crippen molar-refractivity contribution in [3.05, 3.63) is 0 Å². The molecule has 4 heteroatoms. The van der Waals surface area contributed by atoms with Crippen molar-refractivity contribution < 1.29 is 9.90 Å². The van der Waals surface area contributed by atoms with Crippen LogP contribution in [-0.4, -0.2) is 41.7 Å². The van der Waals surface area contributed by atoms with E-state index in [1.807, 2.05) is 4.90 Å². The Morgan fingerprint density at radius 3 is 2.42 bits per heavy atom. The van der Waals surface area contributed by atoms with Crippen LogP contribution in [0.1, 0.15) is 19.3 Å². The molecule has 3 N–H and O–H groups in total. The van der Waals surface area contributed by atoms with E-state index in [1.165, 1.54) is 6.42 Å². The van der Waals surface area contributed by atoms with Crippen molar-refractivity contribution in [3.63, 3.8) is 0 Å². The second-order valence-electron chi connectivity index (χ2n) is 3.19. The summed E-state index contributed by atoms with van der Waals surface area (Å²) in [4.78, 5) is 12.7. The zero-order valence-corrected chi connectivity index (χ0v) is 7.20. The van der Waals surface area contributed by atoms with E-state index in [9.17, 15) is 4.79 Å². The van der Waals surface area contributed by atoms with Crippen molar-refractivity contribution >= 4 is 5.97 Å². The molecule has 1 rings (SSSR count). The standard InChI is InChI=1S/C8H16N2O2/c9-6-7(8(11)12)10-4-2-1-3-5-10/h7H,1-6,9H2,(H,11,12). The second kappa shape index (κ2) is 4.42. The van der Waals surface area contributed by atoms with E-state index in [2.05, 4.69) is 0 Å². The van der Waals surface area contributed by atoms with E-state index >= 15 is 0 Å². The molecular weight excluding hydrogens is 156 g/mol. The van der Waals surface area contributed by atoms with Crippen LogP contribution in [0.2, 0.25) is 0 Å². The van der Waals surface area contributed by atoms with E-state index < -0.39 is 12.0 Å². The molecule has 1 fully saturated rings. The average molecular weight is 172 g/mol. The quantitative estimate of drug-likeness (QED) is 0.623. The van der Waals surface area contributed by atoms with Crippen LogP contribution in [-0.2, 0) is 4.79 Å². The van der Waals surface area contributed by atoms with Crippen LogP contribution in [0.4, 0.5) is 0 Å². The van der Waals surface area contributed by atoms with Crippen LogP contribution in [0.3, 0.4) is 0 Å². The first kappa shape index (κ1) is 9.48. The predicted molar refractivity (Wildman–Crippen MR) is 45.9 cm³/mol. The molecule has 0 spiro atoms. The van der Waals surface area contributed by atoms with Crippen LogP contribution in [0.5, 0.6) is 0 Å². The summed E-state index contributed by atoms with van der Waals surface area (Å²) in [5, 5.41) is 8.80. The summed E-state index contributed by atoms with van der Waals surface area (Å²) < 4.78 is 0. The Morgan fingerprint density at radius 1 is 1.42 bits per heavy atom. The van der Waals surface area contributed by atoms with E-state index in [0.29, 0.717) is 0 Å². The van der Waals surface area contributed by atoms with Gasteiger partial charge in [-0.2, -0.15) is 0 Å². The molecule has 1 aliphatic heterocycles. The molecule has 0 amide bonds. The molecule has 0 bridgehead atoms. The topological polar surface area (TPSA) is 66.6 Å². The van der Waals surface area contributed by atoms with E-state index in [1.54, 1.807) is 0 Å². The maximum absolute atomic E-state index is 10.7. The van der Waals surface area contributed by atoms with Crippen LogP contribution >= 0.6 is 0 Å². The first-order valence-electron chi connectivity index (χ1n) is 4.42. The van der Waals surface area contributed by atoms with Gasteiger partial charge in [-0.25, -0.2) is 0 Å². The maximum Gasteiger partial charge on any atom is 0.322 e. The van der Waals surface area contributed by atoms with E-state index in [-0.39, 0.29) is 6.54 Å². The van der Waals surface area contributed by atoms with Gasteiger partial charge in [0.25, 0.3) is 0 Å². The highest BCUT2D eigenvalue weighted by molar-refractivity contribution is 5.73. The van der Waals surface area contributed by atoms with Crippen molar-refractivity contribution in [1.82, 2.24) is 4.90 Å². The van der Waals surface area contributed by atoms with E-state index in [4.69, 9.17) is 10.8 Å². The number of nitrogens with two attached hydrogens (primary N) is 1. The zero-order chi connectivity index (χ0) is 8.97. The number of nitrogens with zero attached hydrogens (tertiary/aromatic N) is 1. The van der Waals surface area contributed by atoms with Gasteiger partial charge < -0.3 is 10.8 Å².